The molecular formula is C64H102O6. The van der Waals surface area contributed by atoms with E-state index in [9.17, 15) is 14.4 Å². The van der Waals surface area contributed by atoms with E-state index in [1.807, 2.05) is 0 Å². The molecule has 0 N–H and O–H groups in total. The van der Waals surface area contributed by atoms with Gasteiger partial charge < -0.3 is 14.2 Å². The molecule has 0 aliphatic carbocycles. The van der Waals surface area contributed by atoms with Crippen molar-refractivity contribution in [3.05, 3.63) is 134 Å². The summed E-state index contributed by atoms with van der Waals surface area (Å²) in [5.74, 6) is -0.962. The summed E-state index contributed by atoms with van der Waals surface area (Å²) in [6.45, 7) is 6.29. The van der Waals surface area contributed by atoms with Crippen molar-refractivity contribution in [3.63, 3.8) is 0 Å². The normalized spacial score (nSPS) is 13.1. The second-order valence-electron chi connectivity index (χ2n) is 18.1. The lowest BCUT2D eigenvalue weighted by molar-refractivity contribution is -0.167. The van der Waals surface area contributed by atoms with Crippen LogP contribution >= 0.6 is 0 Å². The van der Waals surface area contributed by atoms with Crippen LogP contribution in [-0.4, -0.2) is 37.2 Å². The van der Waals surface area contributed by atoms with Gasteiger partial charge in [-0.1, -0.05) is 219 Å². The highest BCUT2D eigenvalue weighted by Gasteiger charge is 2.19. The van der Waals surface area contributed by atoms with E-state index in [0.29, 0.717) is 19.3 Å². The van der Waals surface area contributed by atoms with Gasteiger partial charge in [0.25, 0.3) is 0 Å². The Kier molecular flexibility index (Phi) is 53.5. The lowest BCUT2D eigenvalue weighted by Crippen LogP contribution is -2.30. The first-order valence-corrected chi connectivity index (χ1v) is 28.2. The van der Waals surface area contributed by atoms with Crippen LogP contribution in [0.2, 0.25) is 0 Å². The highest BCUT2D eigenvalue weighted by molar-refractivity contribution is 5.71. The van der Waals surface area contributed by atoms with Gasteiger partial charge in [0, 0.05) is 19.3 Å². The lowest BCUT2D eigenvalue weighted by atomic mass is 10.1. The zero-order chi connectivity index (χ0) is 50.7. The summed E-state index contributed by atoms with van der Waals surface area (Å²) in [7, 11) is 0. The number of hydrogen-bond acceptors (Lipinski definition) is 6. The molecule has 1 atom stereocenters. The summed E-state index contributed by atoms with van der Waals surface area (Å²) < 4.78 is 16.8. The van der Waals surface area contributed by atoms with Crippen LogP contribution < -0.4 is 0 Å². The van der Waals surface area contributed by atoms with E-state index in [2.05, 4.69) is 154 Å². The van der Waals surface area contributed by atoms with Crippen molar-refractivity contribution < 1.29 is 28.6 Å². The first kappa shape index (κ1) is 65.5. The Morgan fingerprint density at radius 1 is 0.300 bits per heavy atom. The molecule has 0 radical (unpaired) electrons. The summed E-state index contributed by atoms with van der Waals surface area (Å²) in [5.41, 5.74) is 0. The molecule has 0 aliphatic heterocycles. The van der Waals surface area contributed by atoms with Gasteiger partial charge in [0.1, 0.15) is 13.2 Å². The zero-order valence-electron chi connectivity index (χ0n) is 45.0. The second kappa shape index (κ2) is 57.1. The van der Waals surface area contributed by atoms with Crippen molar-refractivity contribution in [1.29, 1.82) is 0 Å². The Morgan fingerprint density at radius 3 is 0.900 bits per heavy atom. The molecule has 6 nitrogen and oxygen atoms in total. The molecule has 0 amide bonds. The van der Waals surface area contributed by atoms with E-state index in [0.717, 1.165) is 154 Å². The standard InChI is InChI=1S/C64H102O6/c1-4-7-10-13-16-19-22-24-26-28-29-30-31-32-33-34-35-37-38-40-42-45-48-51-54-57-63(66)69-60-61(59-68-62(65)56-53-50-47-44-21-18-15-12-9-6-3)70-64(67)58-55-52-49-46-43-41-39-36-27-25-23-20-17-14-11-8-5-2/h7-8,10-12,15-17,19-20,24-27,29-30,32-33,35,37,40,42,61H,4-6,9,13-14,18,21-23,28,31,34,36,38-39,41,43-60H2,1-3H3/b10-7-,11-8-,15-12-,19-16-,20-17-,26-24-,27-25-,30-29-,33-32-,37-35-,42-40-. The molecule has 0 spiro atoms. The van der Waals surface area contributed by atoms with Crippen LogP contribution in [0, 0.1) is 0 Å². The van der Waals surface area contributed by atoms with Gasteiger partial charge in [0.05, 0.1) is 0 Å². The highest BCUT2D eigenvalue weighted by atomic mass is 16.6. The van der Waals surface area contributed by atoms with Crippen LogP contribution in [0.15, 0.2) is 134 Å². The number of ether oxygens (including phenoxy) is 3. The van der Waals surface area contributed by atoms with Gasteiger partial charge in [-0.25, -0.2) is 0 Å². The Bertz CT molecular complexity index is 1530. The van der Waals surface area contributed by atoms with Gasteiger partial charge in [-0.2, -0.15) is 0 Å². The second-order valence-corrected chi connectivity index (χ2v) is 18.1. The van der Waals surface area contributed by atoms with Crippen molar-refractivity contribution in [3.8, 4) is 0 Å². The van der Waals surface area contributed by atoms with Crippen molar-refractivity contribution in [1.82, 2.24) is 0 Å². The Balaban J connectivity index is 4.41. The third kappa shape index (κ3) is 54.5. The van der Waals surface area contributed by atoms with Crippen LogP contribution in [0.3, 0.4) is 0 Å². The Labute approximate surface area is 430 Å². The molecule has 0 fully saturated rings. The summed E-state index contributed by atoms with van der Waals surface area (Å²) in [4.78, 5) is 38.1. The van der Waals surface area contributed by atoms with E-state index >= 15 is 0 Å². The quantitative estimate of drug-likeness (QED) is 0.0262. The summed E-state index contributed by atoms with van der Waals surface area (Å²) in [6, 6.07) is 0. The molecule has 0 saturated heterocycles. The summed E-state index contributed by atoms with van der Waals surface area (Å²) >= 11 is 0. The maximum Gasteiger partial charge on any atom is 0.306 e. The van der Waals surface area contributed by atoms with Gasteiger partial charge in [-0.05, 0) is 128 Å². The summed E-state index contributed by atoms with van der Waals surface area (Å²) in [6.07, 6.45) is 80.2. The first-order chi connectivity index (χ1) is 34.5. The fraction of sp³-hybridized carbons (Fsp3) is 0.609. The molecule has 0 rings (SSSR count). The summed E-state index contributed by atoms with van der Waals surface area (Å²) in [5, 5.41) is 0. The average molecular weight is 968 g/mol. The molecule has 394 valence electrons. The van der Waals surface area contributed by atoms with Gasteiger partial charge in [-0.15, -0.1) is 0 Å². The number of carbonyl (C=O) groups excluding carboxylic acids is 3. The topological polar surface area (TPSA) is 78.9 Å². The van der Waals surface area contributed by atoms with E-state index in [1.165, 1.54) is 38.5 Å². The van der Waals surface area contributed by atoms with Gasteiger partial charge in [0.15, 0.2) is 6.10 Å². The van der Waals surface area contributed by atoms with Crippen molar-refractivity contribution >= 4 is 17.9 Å². The predicted octanol–water partition coefficient (Wildman–Crippen LogP) is 19.0. The minimum atomic E-state index is -0.805. The number of rotatable bonds is 49. The molecule has 0 bridgehead atoms. The third-order valence-corrected chi connectivity index (χ3v) is 11.4. The lowest BCUT2D eigenvalue weighted by Gasteiger charge is -2.18. The van der Waals surface area contributed by atoms with E-state index in [-0.39, 0.29) is 31.1 Å². The average Bonchev–Trinajstić information content (AvgIpc) is 3.36. The van der Waals surface area contributed by atoms with Crippen molar-refractivity contribution in [2.24, 2.45) is 0 Å². The zero-order valence-corrected chi connectivity index (χ0v) is 45.0. The van der Waals surface area contributed by atoms with E-state index < -0.39 is 6.10 Å². The van der Waals surface area contributed by atoms with Crippen LogP contribution in [0.25, 0.3) is 0 Å². The molecule has 70 heavy (non-hydrogen) atoms. The van der Waals surface area contributed by atoms with E-state index in [4.69, 9.17) is 14.2 Å². The SMILES string of the molecule is CC/C=C\C/C=C\C/C=C\C/C=C\C/C=C\C/C=C\C/C=C\CCCCCC(=O)OCC(COC(=O)CCCCCCC/C=C\CCC)OC(=O)CCCCCCCCC/C=C\C/C=C\C/C=C\CC. The number of esters is 3. The van der Waals surface area contributed by atoms with Crippen molar-refractivity contribution in [2.45, 2.75) is 239 Å². The number of allylic oxidation sites excluding steroid dienone is 22. The fourth-order valence-corrected chi connectivity index (χ4v) is 7.20. The molecule has 0 saturated carbocycles. The molecular weight excluding hydrogens is 865 g/mol. The highest BCUT2D eigenvalue weighted by Crippen LogP contribution is 2.13. The third-order valence-electron chi connectivity index (χ3n) is 11.4. The van der Waals surface area contributed by atoms with Crippen LogP contribution in [0.5, 0.6) is 0 Å². The first-order valence-electron chi connectivity index (χ1n) is 28.2. The smallest absolute Gasteiger partial charge is 0.306 e. The van der Waals surface area contributed by atoms with Crippen molar-refractivity contribution in [2.75, 3.05) is 13.2 Å². The fourth-order valence-electron chi connectivity index (χ4n) is 7.20. The maximum absolute atomic E-state index is 12.8. The van der Waals surface area contributed by atoms with Gasteiger partial charge >= 0.3 is 17.9 Å². The minimum absolute atomic E-state index is 0.102. The number of carbonyl (C=O) groups is 3. The van der Waals surface area contributed by atoms with Gasteiger partial charge in [-0.3, -0.25) is 14.4 Å². The van der Waals surface area contributed by atoms with Gasteiger partial charge in [0.2, 0.25) is 0 Å². The molecule has 0 aromatic rings. The molecule has 0 aromatic heterocycles. The molecule has 0 aliphatic rings. The monoisotopic (exact) mass is 967 g/mol. The Morgan fingerprint density at radius 2 is 0.557 bits per heavy atom. The number of unbranched alkanes of at least 4 members (excludes halogenated alkanes) is 16. The van der Waals surface area contributed by atoms with E-state index in [1.54, 1.807) is 0 Å². The maximum atomic E-state index is 12.8. The van der Waals surface area contributed by atoms with Crippen LogP contribution in [-0.2, 0) is 28.6 Å². The molecule has 6 heteroatoms. The largest absolute Gasteiger partial charge is 0.462 e. The molecule has 0 aromatic carbocycles. The predicted molar refractivity (Wildman–Crippen MR) is 302 cm³/mol. The minimum Gasteiger partial charge on any atom is -0.462 e. The molecule has 0 heterocycles. The number of hydrogen-bond donors (Lipinski definition) is 0. The molecule has 1 unspecified atom stereocenters. The van der Waals surface area contributed by atoms with Crippen LogP contribution in [0.1, 0.15) is 233 Å². The Hall–Kier alpha value is -4.45. The van der Waals surface area contributed by atoms with Crippen LogP contribution in [0.4, 0.5) is 0 Å².